The first kappa shape index (κ1) is 14.6. The predicted molar refractivity (Wildman–Crippen MR) is 72.3 cm³/mol. The van der Waals surface area contributed by atoms with Crippen LogP contribution in [0.2, 0.25) is 0 Å². The quantitative estimate of drug-likeness (QED) is 0.351. The molecule has 0 amide bonds. The third kappa shape index (κ3) is 3.53. The molecule has 1 unspecified atom stereocenters. The number of anilines is 1. The lowest BCUT2D eigenvalue weighted by Crippen LogP contribution is -2.34. The van der Waals surface area contributed by atoms with Crippen LogP contribution in [0.3, 0.4) is 0 Å². The van der Waals surface area contributed by atoms with E-state index in [1.807, 2.05) is 22.6 Å². The Bertz CT molecular complexity index is 466. The molecule has 2 N–H and O–H groups in total. The average molecular weight is 366 g/mol. The van der Waals surface area contributed by atoms with Crippen LogP contribution in [0.5, 0.6) is 0 Å². The van der Waals surface area contributed by atoms with Crippen LogP contribution in [0.1, 0.15) is 0 Å². The van der Waals surface area contributed by atoms with Crippen molar-refractivity contribution in [3.8, 4) is 0 Å². The molecule has 0 bridgehead atoms. The van der Waals surface area contributed by atoms with Crippen molar-refractivity contribution in [2.24, 2.45) is 0 Å². The molecule has 0 aliphatic rings. The van der Waals surface area contributed by atoms with Gasteiger partial charge in [-0.2, -0.15) is 0 Å². The van der Waals surface area contributed by atoms with Gasteiger partial charge in [-0.05, 0) is 28.7 Å². The summed E-state index contributed by atoms with van der Waals surface area (Å²) in [4.78, 5) is 21.3. The zero-order chi connectivity index (χ0) is 13.7. The number of nitro groups is 1. The van der Waals surface area contributed by atoms with Crippen LogP contribution in [0.15, 0.2) is 18.2 Å². The van der Waals surface area contributed by atoms with Crippen molar-refractivity contribution in [2.45, 2.75) is 6.04 Å². The number of halogens is 1. The van der Waals surface area contributed by atoms with E-state index in [1.165, 1.54) is 25.3 Å². The Balaban J connectivity index is 2.90. The number of methoxy groups -OCH3 is 1. The first-order chi connectivity index (χ1) is 8.49. The number of aliphatic hydroxyl groups is 1. The lowest BCUT2D eigenvalue weighted by atomic mass is 10.2. The number of benzene rings is 1. The molecule has 1 aromatic rings. The minimum Gasteiger partial charge on any atom is -0.467 e. The number of rotatable bonds is 5. The number of carbonyl (C=O) groups excluding carboxylic acids is 1. The second-order valence-corrected chi connectivity index (χ2v) is 4.49. The monoisotopic (exact) mass is 366 g/mol. The number of esters is 1. The molecule has 0 aliphatic heterocycles. The van der Waals surface area contributed by atoms with Crippen molar-refractivity contribution in [1.29, 1.82) is 0 Å². The van der Waals surface area contributed by atoms with Crippen LogP contribution in [-0.2, 0) is 9.53 Å². The SMILES string of the molecule is COC(=O)C(CO)Nc1ccc([N+](=O)[O-])cc1I. The van der Waals surface area contributed by atoms with Crippen molar-refractivity contribution in [3.63, 3.8) is 0 Å². The summed E-state index contributed by atoms with van der Waals surface area (Å²) in [6.45, 7) is -0.431. The molecule has 1 atom stereocenters. The van der Waals surface area contributed by atoms with Crippen LogP contribution in [0, 0.1) is 13.7 Å². The van der Waals surface area contributed by atoms with Crippen LogP contribution in [-0.4, -0.2) is 35.8 Å². The van der Waals surface area contributed by atoms with E-state index in [1.54, 1.807) is 0 Å². The van der Waals surface area contributed by atoms with Gasteiger partial charge in [0.15, 0.2) is 0 Å². The Kier molecular flexibility index (Phi) is 5.28. The average Bonchev–Trinajstić information content (AvgIpc) is 2.36. The van der Waals surface area contributed by atoms with Gasteiger partial charge in [0.25, 0.3) is 5.69 Å². The summed E-state index contributed by atoms with van der Waals surface area (Å²) in [5, 5.41) is 22.4. The van der Waals surface area contributed by atoms with Crippen LogP contribution in [0.25, 0.3) is 0 Å². The molecular formula is C10H11IN2O5. The van der Waals surface area contributed by atoms with Crippen LogP contribution >= 0.6 is 22.6 Å². The van der Waals surface area contributed by atoms with Crippen molar-refractivity contribution >= 4 is 39.9 Å². The first-order valence-corrected chi connectivity index (χ1v) is 5.96. The molecule has 0 heterocycles. The Morgan fingerprint density at radius 3 is 2.78 bits per heavy atom. The first-order valence-electron chi connectivity index (χ1n) is 4.88. The van der Waals surface area contributed by atoms with E-state index in [0.717, 1.165) is 0 Å². The van der Waals surface area contributed by atoms with Gasteiger partial charge >= 0.3 is 5.97 Å². The van der Waals surface area contributed by atoms with E-state index in [-0.39, 0.29) is 5.69 Å². The molecule has 0 saturated carbocycles. The molecule has 0 radical (unpaired) electrons. The molecule has 8 heteroatoms. The number of nitrogens with zero attached hydrogens (tertiary/aromatic N) is 1. The van der Waals surface area contributed by atoms with E-state index < -0.39 is 23.5 Å². The molecule has 1 aromatic carbocycles. The highest BCUT2D eigenvalue weighted by molar-refractivity contribution is 14.1. The summed E-state index contributed by atoms with van der Waals surface area (Å²) in [6.07, 6.45) is 0. The number of nitro benzene ring substituents is 1. The van der Waals surface area contributed by atoms with Gasteiger partial charge in [-0.25, -0.2) is 4.79 Å². The maximum atomic E-state index is 11.3. The standard InChI is InChI=1S/C10H11IN2O5/c1-18-10(15)9(5-14)12-8-3-2-6(13(16)17)4-7(8)11/h2-4,9,12,14H,5H2,1H3. The second-order valence-electron chi connectivity index (χ2n) is 3.32. The van der Waals surface area contributed by atoms with Gasteiger partial charge in [-0.15, -0.1) is 0 Å². The second kappa shape index (κ2) is 6.50. The fourth-order valence-electron chi connectivity index (χ4n) is 1.24. The highest BCUT2D eigenvalue weighted by atomic mass is 127. The smallest absolute Gasteiger partial charge is 0.330 e. The molecular weight excluding hydrogens is 355 g/mol. The van der Waals surface area contributed by atoms with Crippen molar-refractivity contribution in [1.82, 2.24) is 0 Å². The Morgan fingerprint density at radius 1 is 1.67 bits per heavy atom. The largest absolute Gasteiger partial charge is 0.467 e. The number of carbonyl (C=O) groups is 1. The Hall–Kier alpha value is -1.42. The predicted octanol–water partition coefficient (Wildman–Crippen LogP) is 1.15. The summed E-state index contributed by atoms with van der Waals surface area (Å²) in [5.41, 5.74) is 0.481. The number of ether oxygens (including phenoxy) is 1. The summed E-state index contributed by atoms with van der Waals surface area (Å²) < 4.78 is 5.08. The lowest BCUT2D eigenvalue weighted by molar-refractivity contribution is -0.384. The zero-order valence-electron chi connectivity index (χ0n) is 9.42. The summed E-state index contributed by atoms with van der Waals surface area (Å²) in [5.74, 6) is -0.605. The van der Waals surface area contributed by atoms with Gasteiger partial charge in [0.2, 0.25) is 0 Å². The molecule has 0 saturated heterocycles. The number of hydrogen-bond acceptors (Lipinski definition) is 6. The molecule has 7 nitrogen and oxygen atoms in total. The van der Waals surface area contributed by atoms with Crippen molar-refractivity contribution in [3.05, 3.63) is 31.9 Å². The number of non-ortho nitro benzene ring substituents is 1. The molecule has 1 rings (SSSR count). The lowest BCUT2D eigenvalue weighted by Gasteiger charge is -2.16. The maximum Gasteiger partial charge on any atom is 0.330 e. The highest BCUT2D eigenvalue weighted by Crippen LogP contribution is 2.24. The summed E-state index contributed by atoms with van der Waals surface area (Å²) in [6, 6.07) is 3.26. The third-order valence-electron chi connectivity index (χ3n) is 2.16. The molecule has 98 valence electrons. The Labute approximate surface area is 116 Å². The summed E-state index contributed by atoms with van der Waals surface area (Å²) >= 11 is 1.90. The minimum absolute atomic E-state index is 0.0384. The van der Waals surface area contributed by atoms with Gasteiger partial charge in [0.1, 0.15) is 6.04 Å². The minimum atomic E-state index is -0.898. The molecule has 0 aromatic heterocycles. The maximum absolute atomic E-state index is 11.3. The fraction of sp³-hybridized carbons (Fsp3) is 0.300. The number of nitrogens with one attached hydrogen (secondary N) is 1. The van der Waals surface area contributed by atoms with Crippen LogP contribution < -0.4 is 5.32 Å². The van der Waals surface area contributed by atoms with Crippen LogP contribution in [0.4, 0.5) is 11.4 Å². The number of aliphatic hydroxyl groups excluding tert-OH is 1. The zero-order valence-corrected chi connectivity index (χ0v) is 11.6. The third-order valence-corrected chi connectivity index (χ3v) is 3.05. The molecule has 18 heavy (non-hydrogen) atoms. The van der Waals surface area contributed by atoms with Gasteiger partial charge in [0.05, 0.1) is 18.6 Å². The topological polar surface area (TPSA) is 102 Å². The normalized spacial score (nSPS) is 11.7. The van der Waals surface area contributed by atoms with E-state index in [0.29, 0.717) is 9.26 Å². The van der Waals surface area contributed by atoms with E-state index in [2.05, 4.69) is 10.1 Å². The van der Waals surface area contributed by atoms with Gasteiger partial charge in [-0.1, -0.05) is 0 Å². The van der Waals surface area contributed by atoms with E-state index in [9.17, 15) is 14.9 Å². The van der Waals surface area contributed by atoms with Gasteiger partial charge < -0.3 is 15.2 Å². The number of hydrogen-bond donors (Lipinski definition) is 2. The Morgan fingerprint density at radius 2 is 2.33 bits per heavy atom. The highest BCUT2D eigenvalue weighted by Gasteiger charge is 2.19. The van der Waals surface area contributed by atoms with Crippen molar-refractivity contribution < 1.29 is 19.6 Å². The van der Waals surface area contributed by atoms with E-state index in [4.69, 9.17) is 5.11 Å². The molecule has 0 fully saturated rings. The summed E-state index contributed by atoms with van der Waals surface area (Å²) in [7, 11) is 1.22. The fourth-order valence-corrected chi connectivity index (χ4v) is 1.90. The molecule has 0 spiro atoms. The van der Waals surface area contributed by atoms with E-state index >= 15 is 0 Å². The molecule has 0 aliphatic carbocycles. The van der Waals surface area contributed by atoms with Crippen molar-refractivity contribution in [2.75, 3.05) is 19.0 Å². The van der Waals surface area contributed by atoms with Gasteiger partial charge in [-0.3, -0.25) is 10.1 Å². The van der Waals surface area contributed by atoms with Gasteiger partial charge in [0, 0.05) is 21.4 Å².